The summed E-state index contributed by atoms with van der Waals surface area (Å²) in [5.74, 6) is -0.928. The van der Waals surface area contributed by atoms with Gasteiger partial charge in [-0.1, -0.05) is 17.7 Å². The molecule has 1 aliphatic heterocycles. The highest BCUT2D eigenvalue weighted by atomic mass is 35.5. The number of rotatable bonds is 5. The fourth-order valence-corrected chi connectivity index (χ4v) is 3.31. The summed E-state index contributed by atoms with van der Waals surface area (Å²) >= 11 is 5.81. The molecule has 0 amide bonds. The van der Waals surface area contributed by atoms with Gasteiger partial charge in [0.1, 0.15) is 11.4 Å². The first-order chi connectivity index (χ1) is 14.1. The fraction of sp³-hybridized carbons (Fsp3) is 0.316. The number of pyridine rings is 1. The lowest BCUT2D eigenvalue weighted by Crippen LogP contribution is -2.29. The van der Waals surface area contributed by atoms with Crippen molar-refractivity contribution in [1.29, 1.82) is 0 Å². The summed E-state index contributed by atoms with van der Waals surface area (Å²) in [6.45, 7) is 2.00. The zero-order valence-corrected chi connectivity index (χ0v) is 16.0. The Hall–Kier alpha value is -2.75. The standard InChI is InChI=1S/C19H18ClFN4O4/c20-14-4-3-11(8-15(14)21)16-12(9-22-6-7-27-16)10-28-17-13(2-1-5-23-17)18-24-25-19(26)29-18/h1-5,8,12,16,22H,6-7,9-10H2,(H,25,26). The number of ether oxygens (including phenoxy) is 2. The van der Waals surface area contributed by atoms with Crippen LogP contribution in [0, 0.1) is 11.7 Å². The second kappa shape index (κ2) is 8.73. The van der Waals surface area contributed by atoms with E-state index in [1.165, 1.54) is 12.1 Å². The molecule has 1 fully saturated rings. The Bertz CT molecular complexity index is 1040. The number of halogens is 2. The first kappa shape index (κ1) is 19.6. The van der Waals surface area contributed by atoms with E-state index in [0.29, 0.717) is 30.8 Å². The molecule has 1 saturated heterocycles. The first-order valence-electron chi connectivity index (χ1n) is 9.03. The summed E-state index contributed by atoms with van der Waals surface area (Å²) in [6.07, 6.45) is 1.18. The zero-order valence-electron chi connectivity index (χ0n) is 15.2. The lowest BCUT2D eigenvalue weighted by molar-refractivity contribution is 0.0146. The lowest BCUT2D eigenvalue weighted by atomic mass is 9.96. The average Bonchev–Trinajstić information content (AvgIpc) is 3.02. The van der Waals surface area contributed by atoms with E-state index in [9.17, 15) is 9.18 Å². The van der Waals surface area contributed by atoms with E-state index >= 15 is 0 Å². The largest absolute Gasteiger partial charge is 0.477 e. The van der Waals surface area contributed by atoms with Crippen molar-refractivity contribution in [2.24, 2.45) is 5.92 Å². The average molecular weight is 421 g/mol. The summed E-state index contributed by atoms with van der Waals surface area (Å²) in [5.41, 5.74) is 1.13. The number of hydrogen-bond donors (Lipinski definition) is 2. The van der Waals surface area contributed by atoms with Crippen molar-refractivity contribution in [3.05, 3.63) is 63.5 Å². The van der Waals surface area contributed by atoms with Crippen LogP contribution in [0.15, 0.2) is 45.7 Å². The normalized spacial score (nSPS) is 19.7. The van der Waals surface area contributed by atoms with Gasteiger partial charge in [0, 0.05) is 25.2 Å². The third kappa shape index (κ3) is 4.47. The maximum Gasteiger partial charge on any atom is 0.434 e. The van der Waals surface area contributed by atoms with Gasteiger partial charge in [-0.25, -0.2) is 19.3 Å². The van der Waals surface area contributed by atoms with Crippen LogP contribution in [0.25, 0.3) is 11.5 Å². The summed E-state index contributed by atoms with van der Waals surface area (Å²) in [4.78, 5) is 15.5. The van der Waals surface area contributed by atoms with Crippen LogP contribution in [0.5, 0.6) is 5.88 Å². The monoisotopic (exact) mass is 420 g/mol. The molecule has 3 heterocycles. The van der Waals surface area contributed by atoms with Gasteiger partial charge in [-0.3, -0.25) is 0 Å². The minimum absolute atomic E-state index is 0.0620. The maximum absolute atomic E-state index is 14.0. The Labute approximate surface area is 170 Å². The van der Waals surface area contributed by atoms with E-state index in [0.717, 1.165) is 0 Å². The van der Waals surface area contributed by atoms with Crippen LogP contribution in [0.2, 0.25) is 5.02 Å². The van der Waals surface area contributed by atoms with Crippen molar-refractivity contribution in [2.75, 3.05) is 26.3 Å². The van der Waals surface area contributed by atoms with Crippen molar-refractivity contribution < 1.29 is 18.3 Å². The zero-order chi connectivity index (χ0) is 20.2. The highest BCUT2D eigenvalue weighted by molar-refractivity contribution is 6.30. The number of hydrogen-bond acceptors (Lipinski definition) is 7. The van der Waals surface area contributed by atoms with Gasteiger partial charge in [0.15, 0.2) is 0 Å². The van der Waals surface area contributed by atoms with Gasteiger partial charge in [0.05, 0.1) is 24.3 Å². The number of aromatic nitrogens is 3. The molecular formula is C19H18ClFN4O4. The van der Waals surface area contributed by atoms with Crippen molar-refractivity contribution in [3.8, 4) is 17.3 Å². The molecule has 8 nitrogen and oxygen atoms in total. The molecular weight excluding hydrogens is 403 g/mol. The molecule has 0 radical (unpaired) electrons. The second-order valence-corrected chi connectivity index (χ2v) is 6.92. The van der Waals surface area contributed by atoms with E-state index < -0.39 is 11.6 Å². The molecule has 1 aliphatic rings. The molecule has 0 spiro atoms. The Kier molecular flexibility index (Phi) is 5.89. The van der Waals surface area contributed by atoms with Crippen LogP contribution in [-0.2, 0) is 4.74 Å². The number of H-pyrrole nitrogens is 1. The third-order valence-corrected chi connectivity index (χ3v) is 4.86. The van der Waals surface area contributed by atoms with E-state index in [1.807, 2.05) is 0 Å². The Morgan fingerprint density at radius 2 is 2.24 bits per heavy atom. The molecule has 0 aliphatic carbocycles. The molecule has 29 heavy (non-hydrogen) atoms. The molecule has 0 bridgehead atoms. The van der Waals surface area contributed by atoms with Gasteiger partial charge in [0.2, 0.25) is 5.88 Å². The van der Waals surface area contributed by atoms with Gasteiger partial charge < -0.3 is 19.2 Å². The van der Waals surface area contributed by atoms with Gasteiger partial charge in [-0.15, -0.1) is 5.10 Å². The van der Waals surface area contributed by atoms with Crippen LogP contribution in [0.4, 0.5) is 4.39 Å². The molecule has 2 unspecified atom stereocenters. The fourth-order valence-electron chi connectivity index (χ4n) is 3.19. The topological polar surface area (TPSA) is 102 Å². The quantitative estimate of drug-likeness (QED) is 0.654. The molecule has 10 heteroatoms. The Morgan fingerprint density at radius 3 is 3.03 bits per heavy atom. The van der Waals surface area contributed by atoms with E-state index in [1.54, 1.807) is 24.4 Å². The predicted octanol–water partition coefficient (Wildman–Crippen LogP) is 2.57. The van der Waals surface area contributed by atoms with Crippen LogP contribution in [-0.4, -0.2) is 41.5 Å². The maximum atomic E-state index is 14.0. The van der Waals surface area contributed by atoms with Gasteiger partial charge in [0.25, 0.3) is 5.89 Å². The second-order valence-electron chi connectivity index (χ2n) is 6.51. The molecule has 4 rings (SSSR count). The number of nitrogens with zero attached hydrogens (tertiary/aromatic N) is 2. The molecule has 2 atom stereocenters. The number of aromatic amines is 1. The molecule has 152 valence electrons. The third-order valence-electron chi connectivity index (χ3n) is 4.56. The molecule has 2 aromatic heterocycles. The van der Waals surface area contributed by atoms with Crippen molar-refractivity contribution in [1.82, 2.24) is 20.5 Å². The summed E-state index contributed by atoms with van der Waals surface area (Å²) in [5, 5.41) is 9.38. The van der Waals surface area contributed by atoms with Gasteiger partial charge in [-0.05, 0) is 29.8 Å². The summed E-state index contributed by atoms with van der Waals surface area (Å²) in [6, 6.07) is 8.03. The van der Waals surface area contributed by atoms with Crippen LogP contribution in [0.3, 0.4) is 0 Å². The lowest BCUT2D eigenvalue weighted by Gasteiger charge is -2.25. The molecule has 0 saturated carbocycles. The van der Waals surface area contributed by atoms with Crippen molar-refractivity contribution in [2.45, 2.75) is 6.10 Å². The van der Waals surface area contributed by atoms with Gasteiger partial charge >= 0.3 is 5.76 Å². The van der Waals surface area contributed by atoms with Crippen LogP contribution < -0.4 is 15.8 Å². The molecule has 2 N–H and O–H groups in total. The van der Waals surface area contributed by atoms with Crippen molar-refractivity contribution >= 4 is 11.6 Å². The number of benzene rings is 1. The SMILES string of the molecule is O=c1[nH]nc(-c2cccnc2OCC2CNCCOC2c2ccc(Cl)c(F)c2)o1. The van der Waals surface area contributed by atoms with Crippen LogP contribution >= 0.6 is 11.6 Å². The Balaban J connectivity index is 1.56. The molecule has 1 aromatic carbocycles. The summed E-state index contributed by atoms with van der Waals surface area (Å²) < 4.78 is 30.9. The summed E-state index contributed by atoms with van der Waals surface area (Å²) in [7, 11) is 0. The predicted molar refractivity (Wildman–Crippen MR) is 102 cm³/mol. The van der Waals surface area contributed by atoms with E-state index in [-0.39, 0.29) is 35.4 Å². The highest BCUT2D eigenvalue weighted by Crippen LogP contribution is 2.31. The molecule has 3 aromatic rings. The highest BCUT2D eigenvalue weighted by Gasteiger charge is 2.28. The Morgan fingerprint density at radius 1 is 1.34 bits per heavy atom. The van der Waals surface area contributed by atoms with E-state index in [2.05, 4.69) is 20.5 Å². The first-order valence-corrected chi connectivity index (χ1v) is 9.40. The minimum atomic E-state index is -0.666. The van der Waals surface area contributed by atoms with E-state index in [4.69, 9.17) is 25.5 Å². The van der Waals surface area contributed by atoms with Crippen molar-refractivity contribution in [3.63, 3.8) is 0 Å². The minimum Gasteiger partial charge on any atom is -0.477 e. The van der Waals surface area contributed by atoms with Crippen LogP contribution in [0.1, 0.15) is 11.7 Å². The van der Waals surface area contributed by atoms with Gasteiger partial charge in [-0.2, -0.15) is 0 Å². The smallest absolute Gasteiger partial charge is 0.434 e. The number of nitrogens with one attached hydrogen (secondary N) is 2.